The Balaban J connectivity index is 2.07. The van der Waals surface area contributed by atoms with Crippen LogP contribution in [0.25, 0.3) is 0 Å². The molecule has 2 rings (SSSR count). The normalized spacial score (nSPS) is 22.7. The van der Waals surface area contributed by atoms with Crippen molar-refractivity contribution in [1.82, 2.24) is 3.93 Å². The maximum absolute atomic E-state index is 12.6. The smallest absolute Gasteiger partial charge is 0.420 e. The van der Waals surface area contributed by atoms with Gasteiger partial charge in [-0.05, 0) is 50.5 Å². The second-order valence-corrected chi connectivity index (χ2v) is 10.5. The van der Waals surface area contributed by atoms with Gasteiger partial charge in [-0.2, -0.15) is 0 Å². The van der Waals surface area contributed by atoms with Gasteiger partial charge in [0.15, 0.2) is 0 Å². The van der Waals surface area contributed by atoms with Crippen LogP contribution < -0.4 is 0 Å². The molecule has 162 valence electrons. The number of esters is 1. The summed E-state index contributed by atoms with van der Waals surface area (Å²) in [5.41, 5.74) is 0.499. The van der Waals surface area contributed by atoms with Crippen molar-refractivity contribution in [2.45, 2.75) is 77.9 Å². The van der Waals surface area contributed by atoms with Gasteiger partial charge >= 0.3 is 12.1 Å². The molecular weight excluding hydrogens is 434 g/mol. The zero-order chi connectivity index (χ0) is 21.8. The van der Waals surface area contributed by atoms with Gasteiger partial charge in [-0.15, -0.1) is 0 Å². The first kappa shape index (κ1) is 23.7. The molecule has 3 unspecified atom stereocenters. The first-order valence-corrected chi connectivity index (χ1v) is 11.0. The van der Waals surface area contributed by atoms with Crippen molar-refractivity contribution in [2.24, 2.45) is 11.8 Å². The van der Waals surface area contributed by atoms with Gasteiger partial charge in [-0.1, -0.05) is 57.5 Å². The summed E-state index contributed by atoms with van der Waals surface area (Å²) in [6, 6.07) is 10.4. The van der Waals surface area contributed by atoms with Gasteiger partial charge in [-0.25, -0.2) is 8.72 Å². The van der Waals surface area contributed by atoms with Gasteiger partial charge in [0, 0.05) is 5.92 Å². The first-order chi connectivity index (χ1) is 13.4. The molecule has 29 heavy (non-hydrogen) atoms. The fourth-order valence-corrected chi connectivity index (χ4v) is 4.34. The maximum Gasteiger partial charge on any atom is 0.420 e. The quantitative estimate of drug-likeness (QED) is 0.401. The van der Waals surface area contributed by atoms with Crippen LogP contribution in [0, 0.1) is 11.8 Å². The summed E-state index contributed by atoms with van der Waals surface area (Å²) in [5.74, 6) is 0.289. The molecule has 1 aliphatic carbocycles. The van der Waals surface area contributed by atoms with Gasteiger partial charge in [0.1, 0.15) is 18.2 Å². The fraction of sp³-hybridized carbons (Fsp3) is 0.652. The van der Waals surface area contributed by atoms with E-state index in [0.717, 1.165) is 23.2 Å². The zero-order valence-corrected chi connectivity index (χ0v) is 20.0. The van der Waals surface area contributed by atoms with E-state index in [4.69, 9.17) is 9.47 Å². The molecule has 0 radical (unpaired) electrons. The number of hydrogen-bond donors (Lipinski definition) is 0. The van der Waals surface area contributed by atoms with E-state index >= 15 is 0 Å². The van der Waals surface area contributed by atoms with Crippen LogP contribution >= 0.6 is 16.1 Å². The third kappa shape index (κ3) is 6.73. The van der Waals surface area contributed by atoms with E-state index in [-0.39, 0.29) is 24.0 Å². The Labute approximate surface area is 183 Å². The molecule has 1 saturated carbocycles. The molecule has 0 N–H and O–H groups in total. The Hall–Kier alpha value is -1.56. The van der Waals surface area contributed by atoms with E-state index in [1.165, 1.54) is 5.56 Å². The highest BCUT2D eigenvalue weighted by molar-refractivity contribution is 9.07. The molecule has 1 aliphatic rings. The van der Waals surface area contributed by atoms with E-state index in [1.807, 2.05) is 18.2 Å². The number of carbonyl (C=O) groups is 2. The molecular formula is C23H34BrNO4. The molecule has 1 fully saturated rings. The largest absolute Gasteiger partial charge is 0.461 e. The van der Waals surface area contributed by atoms with Crippen LogP contribution in [-0.4, -0.2) is 34.2 Å². The van der Waals surface area contributed by atoms with Crippen LogP contribution in [0.2, 0.25) is 0 Å². The number of ether oxygens (including phenoxy) is 2. The van der Waals surface area contributed by atoms with Crippen molar-refractivity contribution in [3.8, 4) is 0 Å². The number of halogens is 1. The number of hydrogen-bond acceptors (Lipinski definition) is 4. The van der Waals surface area contributed by atoms with Crippen molar-refractivity contribution in [1.29, 1.82) is 0 Å². The lowest BCUT2D eigenvalue weighted by Crippen LogP contribution is -2.44. The van der Waals surface area contributed by atoms with Crippen molar-refractivity contribution < 1.29 is 19.1 Å². The number of nitrogens with zero attached hydrogens (tertiary/aromatic N) is 1. The van der Waals surface area contributed by atoms with Crippen molar-refractivity contribution in [3.05, 3.63) is 35.9 Å². The Bertz CT molecular complexity index is 699. The number of rotatable bonds is 5. The molecule has 0 heterocycles. The molecule has 0 aliphatic heterocycles. The summed E-state index contributed by atoms with van der Waals surface area (Å²) in [5, 5.41) is 0. The molecule has 1 amide bonds. The SMILES string of the molecule is CC1CCC(C(C)(C)c2ccccc2)C(OC(=O)CN(Br)C(=O)OC(C)(C)C)C1. The minimum Gasteiger partial charge on any atom is -0.461 e. The number of carbonyl (C=O) groups excluding carboxylic acids is 2. The van der Waals surface area contributed by atoms with Gasteiger partial charge in [0.05, 0.1) is 16.1 Å². The molecule has 1 aromatic rings. The highest BCUT2D eigenvalue weighted by atomic mass is 79.9. The topological polar surface area (TPSA) is 55.8 Å². The Morgan fingerprint density at radius 3 is 2.31 bits per heavy atom. The van der Waals surface area contributed by atoms with Crippen LogP contribution in [-0.2, 0) is 19.7 Å². The molecule has 0 spiro atoms. The lowest BCUT2D eigenvalue weighted by molar-refractivity contribution is -0.156. The lowest BCUT2D eigenvalue weighted by Gasteiger charge is -2.44. The first-order valence-electron chi connectivity index (χ1n) is 10.3. The average molecular weight is 468 g/mol. The Morgan fingerprint density at radius 1 is 1.10 bits per heavy atom. The fourth-order valence-electron chi connectivity index (χ4n) is 4.06. The third-order valence-corrected chi connectivity index (χ3v) is 6.18. The van der Waals surface area contributed by atoms with E-state index < -0.39 is 17.7 Å². The van der Waals surface area contributed by atoms with E-state index in [9.17, 15) is 9.59 Å². The molecule has 5 nitrogen and oxygen atoms in total. The molecule has 6 heteroatoms. The minimum atomic E-state index is -0.628. The van der Waals surface area contributed by atoms with Crippen molar-refractivity contribution in [2.75, 3.05) is 6.54 Å². The third-order valence-electron chi connectivity index (χ3n) is 5.64. The summed E-state index contributed by atoms with van der Waals surface area (Å²) in [4.78, 5) is 24.7. The molecule has 1 aromatic carbocycles. The van der Waals surface area contributed by atoms with Crippen LogP contribution in [0.4, 0.5) is 4.79 Å². The molecule has 0 saturated heterocycles. The monoisotopic (exact) mass is 467 g/mol. The summed E-state index contributed by atoms with van der Waals surface area (Å²) in [7, 11) is 0. The van der Waals surface area contributed by atoms with Crippen LogP contribution in [0.3, 0.4) is 0 Å². The van der Waals surface area contributed by atoms with Crippen LogP contribution in [0.5, 0.6) is 0 Å². The Morgan fingerprint density at radius 2 is 1.72 bits per heavy atom. The number of amides is 1. The maximum atomic E-state index is 12.6. The van der Waals surface area contributed by atoms with E-state index in [2.05, 4.69) is 49.1 Å². The Kier molecular flexibility index (Phi) is 7.77. The number of benzene rings is 1. The minimum absolute atomic E-state index is 0.119. The second kappa shape index (κ2) is 9.50. The van der Waals surface area contributed by atoms with Gasteiger partial charge < -0.3 is 9.47 Å². The van der Waals surface area contributed by atoms with Gasteiger partial charge in [0.25, 0.3) is 0 Å². The van der Waals surface area contributed by atoms with E-state index in [1.54, 1.807) is 20.8 Å². The molecule has 3 atom stereocenters. The summed E-state index contributed by atoms with van der Waals surface area (Å²) < 4.78 is 12.3. The van der Waals surface area contributed by atoms with Gasteiger partial charge in [0.2, 0.25) is 0 Å². The average Bonchev–Trinajstić information content (AvgIpc) is 2.60. The molecule has 0 bridgehead atoms. The standard InChI is InChI=1S/C23H34BrNO4/c1-16-12-13-18(23(5,6)17-10-8-7-9-11-17)19(14-16)28-20(26)15-25(24)21(27)29-22(2,3)4/h7-11,16,18-19H,12-15H2,1-6H3. The second-order valence-electron chi connectivity index (χ2n) is 9.64. The predicted octanol–water partition coefficient (Wildman–Crippen LogP) is 5.86. The van der Waals surface area contributed by atoms with Gasteiger partial charge in [-0.3, -0.25) is 4.79 Å². The highest BCUT2D eigenvalue weighted by Crippen LogP contribution is 2.43. The molecule has 0 aromatic heterocycles. The predicted molar refractivity (Wildman–Crippen MR) is 118 cm³/mol. The lowest BCUT2D eigenvalue weighted by atomic mass is 9.64. The van der Waals surface area contributed by atoms with Crippen LogP contribution in [0.15, 0.2) is 30.3 Å². The highest BCUT2D eigenvalue weighted by Gasteiger charge is 2.42. The summed E-state index contributed by atoms with van der Waals surface area (Å²) in [6.07, 6.45) is 2.18. The van der Waals surface area contributed by atoms with Crippen molar-refractivity contribution >= 4 is 28.2 Å². The zero-order valence-electron chi connectivity index (χ0n) is 18.4. The van der Waals surface area contributed by atoms with E-state index in [0.29, 0.717) is 5.92 Å². The summed E-state index contributed by atoms with van der Waals surface area (Å²) >= 11 is 3.12. The summed E-state index contributed by atoms with van der Waals surface area (Å²) in [6.45, 7) is 11.8. The van der Waals surface area contributed by atoms with Crippen molar-refractivity contribution in [3.63, 3.8) is 0 Å². The van der Waals surface area contributed by atoms with Crippen LogP contribution in [0.1, 0.15) is 66.4 Å².